The van der Waals surface area contributed by atoms with Gasteiger partial charge in [-0.05, 0) is 87.6 Å². The van der Waals surface area contributed by atoms with E-state index in [9.17, 15) is 28.0 Å². The highest BCUT2D eigenvalue weighted by Gasteiger charge is 2.32. The van der Waals surface area contributed by atoms with Gasteiger partial charge in [0.05, 0.1) is 52.2 Å². The van der Waals surface area contributed by atoms with Gasteiger partial charge in [-0.2, -0.15) is 23.5 Å². The number of carbonyl (C=O) groups is 1. The normalized spacial score (nSPS) is 12.5. The lowest BCUT2D eigenvalue weighted by Gasteiger charge is -2.22. The maximum atomic E-state index is 14.2. The minimum atomic E-state index is -4.64. The van der Waals surface area contributed by atoms with Crippen LogP contribution in [-0.4, -0.2) is 48.9 Å². The first kappa shape index (κ1) is 32.1. The summed E-state index contributed by atoms with van der Waals surface area (Å²) in [7, 11) is 3.88. The Hall–Kier alpha value is -5.35. The number of halogens is 3. The third kappa shape index (κ3) is 6.25. The molecule has 3 heterocycles. The summed E-state index contributed by atoms with van der Waals surface area (Å²) in [4.78, 5) is 33.7. The van der Waals surface area contributed by atoms with Gasteiger partial charge in [-0.3, -0.25) is 4.57 Å². The van der Waals surface area contributed by atoms with Crippen LogP contribution in [0, 0.1) is 24.2 Å². The molecule has 46 heavy (non-hydrogen) atoms. The maximum absolute atomic E-state index is 14.2. The first-order valence-electron chi connectivity index (χ1n) is 14.5. The summed E-state index contributed by atoms with van der Waals surface area (Å²) in [5.41, 5.74) is 1.54. The molecular formula is C33H33F3N8O2. The second kappa shape index (κ2) is 12.6. The first-order valence-corrected chi connectivity index (χ1v) is 14.5. The van der Waals surface area contributed by atoms with Crippen LogP contribution < -0.4 is 11.0 Å². The third-order valence-corrected chi connectivity index (χ3v) is 7.58. The summed E-state index contributed by atoms with van der Waals surface area (Å²) in [6.45, 7) is 6.08. The Kier molecular flexibility index (Phi) is 8.76. The van der Waals surface area contributed by atoms with E-state index in [1.165, 1.54) is 23.0 Å². The fourth-order valence-electron chi connectivity index (χ4n) is 5.46. The van der Waals surface area contributed by atoms with Gasteiger partial charge in [0.25, 0.3) is 0 Å². The molecule has 238 valence electrons. The topological polar surface area (TPSA) is 117 Å². The molecule has 0 aliphatic heterocycles. The number of nitrogens with zero attached hydrogens (tertiary/aromatic N) is 6. The molecule has 13 heteroatoms. The summed E-state index contributed by atoms with van der Waals surface area (Å²) < 4.78 is 44.5. The van der Waals surface area contributed by atoms with E-state index in [1.54, 1.807) is 37.3 Å². The van der Waals surface area contributed by atoms with Crippen LogP contribution in [0.15, 0.2) is 77.7 Å². The number of nitrogens with one attached hydrogen (secondary N) is 2. The number of aromatic nitrogens is 5. The molecule has 0 bridgehead atoms. The molecule has 10 nitrogen and oxygen atoms in total. The van der Waals surface area contributed by atoms with Crippen LogP contribution in [0.2, 0.25) is 0 Å². The van der Waals surface area contributed by atoms with E-state index >= 15 is 0 Å². The summed E-state index contributed by atoms with van der Waals surface area (Å²) in [5.74, 6) is -0.0928. The average molecular weight is 631 g/mol. The van der Waals surface area contributed by atoms with Crippen LogP contribution in [0.3, 0.4) is 0 Å². The molecule has 2 N–H and O–H groups in total. The molecule has 5 aromatic rings. The first-order chi connectivity index (χ1) is 21.8. The number of carbonyl (C=O) groups excluding carboxylic acids is 1. The maximum Gasteiger partial charge on any atom is 0.416 e. The van der Waals surface area contributed by atoms with E-state index in [4.69, 9.17) is 0 Å². The second-order valence-electron chi connectivity index (χ2n) is 11.6. The highest BCUT2D eigenvalue weighted by Crippen LogP contribution is 2.32. The lowest BCUT2D eigenvalue weighted by atomic mass is 10.0. The number of benzene rings is 2. The van der Waals surface area contributed by atoms with Crippen molar-refractivity contribution in [3.05, 3.63) is 112 Å². The fraction of sp³-hybridized carbons (Fsp3) is 0.273. The van der Waals surface area contributed by atoms with Gasteiger partial charge < -0.3 is 15.2 Å². The molecule has 3 aromatic heterocycles. The second-order valence-corrected chi connectivity index (χ2v) is 11.6. The van der Waals surface area contributed by atoms with Crippen LogP contribution in [-0.2, 0) is 12.7 Å². The number of imidazole rings is 1. The van der Waals surface area contributed by atoms with Gasteiger partial charge in [0, 0.05) is 17.9 Å². The molecule has 0 aliphatic rings. The van der Waals surface area contributed by atoms with Crippen molar-refractivity contribution in [2.45, 2.75) is 39.5 Å². The smallest absolute Gasteiger partial charge is 0.359 e. The van der Waals surface area contributed by atoms with Crippen LogP contribution >= 0.6 is 0 Å². The molecule has 0 aliphatic carbocycles. The van der Waals surface area contributed by atoms with Gasteiger partial charge in [0.2, 0.25) is 0 Å². The average Bonchev–Trinajstić information content (AvgIpc) is 3.73. The molecule has 2 aromatic carbocycles. The van der Waals surface area contributed by atoms with E-state index < -0.39 is 29.5 Å². The molecule has 1 atom stereocenters. The van der Waals surface area contributed by atoms with E-state index in [0.717, 1.165) is 32.7 Å². The Morgan fingerprint density at radius 2 is 1.78 bits per heavy atom. The van der Waals surface area contributed by atoms with E-state index in [1.807, 2.05) is 45.0 Å². The highest BCUT2D eigenvalue weighted by molar-refractivity contribution is 5.83. The highest BCUT2D eigenvalue weighted by atomic mass is 19.4. The molecule has 0 saturated carbocycles. The van der Waals surface area contributed by atoms with Gasteiger partial charge in [-0.25, -0.2) is 18.8 Å². The van der Waals surface area contributed by atoms with Crippen LogP contribution in [0.5, 0.6) is 0 Å². The number of amides is 1. The molecule has 0 fully saturated rings. The van der Waals surface area contributed by atoms with Crippen molar-refractivity contribution < 1.29 is 18.0 Å². The van der Waals surface area contributed by atoms with Crippen molar-refractivity contribution in [1.82, 2.24) is 34.1 Å². The van der Waals surface area contributed by atoms with E-state index in [-0.39, 0.29) is 23.0 Å². The largest absolute Gasteiger partial charge is 0.416 e. The minimum absolute atomic E-state index is 0.0485. The Bertz CT molecular complexity index is 1970. The van der Waals surface area contributed by atoms with E-state index in [2.05, 4.69) is 21.5 Å². The Morgan fingerprint density at radius 1 is 1.07 bits per heavy atom. The quantitative estimate of drug-likeness (QED) is 0.217. The van der Waals surface area contributed by atoms with Crippen LogP contribution in [0.1, 0.15) is 48.1 Å². The Morgan fingerprint density at radius 3 is 2.41 bits per heavy atom. The van der Waals surface area contributed by atoms with Gasteiger partial charge in [-0.15, -0.1) is 0 Å². The number of rotatable bonds is 8. The molecule has 0 unspecified atom stereocenters. The van der Waals surface area contributed by atoms with Crippen molar-refractivity contribution in [3.8, 4) is 28.8 Å². The summed E-state index contributed by atoms with van der Waals surface area (Å²) in [5, 5.41) is 16.6. The van der Waals surface area contributed by atoms with Crippen molar-refractivity contribution in [2.75, 3.05) is 14.1 Å². The van der Waals surface area contributed by atoms with E-state index in [0.29, 0.717) is 23.5 Å². The van der Waals surface area contributed by atoms with Crippen LogP contribution in [0.25, 0.3) is 22.8 Å². The van der Waals surface area contributed by atoms with Crippen molar-refractivity contribution in [2.24, 2.45) is 5.92 Å². The lowest BCUT2D eigenvalue weighted by Crippen LogP contribution is -2.40. The molecule has 0 radical (unpaired) electrons. The zero-order valence-corrected chi connectivity index (χ0v) is 25.9. The summed E-state index contributed by atoms with van der Waals surface area (Å²) in [6.07, 6.45) is -3.15. The predicted molar refractivity (Wildman–Crippen MR) is 167 cm³/mol. The van der Waals surface area contributed by atoms with Crippen molar-refractivity contribution >= 4 is 6.03 Å². The monoisotopic (exact) mass is 630 g/mol. The zero-order valence-electron chi connectivity index (χ0n) is 25.9. The molecule has 1 amide bonds. The lowest BCUT2D eigenvalue weighted by molar-refractivity contribution is -0.137. The number of alkyl halides is 3. The summed E-state index contributed by atoms with van der Waals surface area (Å²) >= 11 is 0. The SMILES string of the molecule is Cc1c(-c2ccnn2-c2ccc(C#N)cc2)n(C(=O)N[C@H](c2ccc(CN(C)C)[nH]2)C(C)C)c(=O)n1-c1cccc(C(F)(F)F)c1. The molecule has 5 rings (SSSR count). The number of aromatic amines is 1. The van der Waals surface area contributed by atoms with Gasteiger partial charge in [0.15, 0.2) is 0 Å². The van der Waals surface area contributed by atoms with Gasteiger partial charge >= 0.3 is 17.9 Å². The third-order valence-electron chi connectivity index (χ3n) is 7.58. The Labute approximate surface area is 263 Å². The number of nitriles is 1. The molecular weight excluding hydrogens is 597 g/mol. The van der Waals surface area contributed by atoms with Crippen molar-refractivity contribution in [3.63, 3.8) is 0 Å². The minimum Gasteiger partial charge on any atom is -0.359 e. The standard InChI is InChI=1S/C33H33F3N8O2/c1-20(2)29(27-14-11-24(39-27)19-41(4)5)40-31(45)43-30(28-15-16-38-44(28)25-12-9-22(18-37)10-13-25)21(3)42(32(43)46)26-8-6-7-23(17-26)33(34,35)36/h6-17,20,29,39H,19H2,1-5H3,(H,40,45)/t29-/m0/s1. The van der Waals surface area contributed by atoms with Crippen LogP contribution in [0.4, 0.5) is 18.0 Å². The molecule has 0 spiro atoms. The van der Waals surface area contributed by atoms with Gasteiger partial charge in [0.1, 0.15) is 5.69 Å². The number of hydrogen-bond donors (Lipinski definition) is 2. The molecule has 0 saturated heterocycles. The summed E-state index contributed by atoms with van der Waals surface area (Å²) in [6, 6.07) is 17.1. The Balaban J connectivity index is 1.68. The fourth-order valence-corrected chi connectivity index (χ4v) is 5.46. The van der Waals surface area contributed by atoms with Gasteiger partial charge in [-0.1, -0.05) is 19.9 Å². The number of hydrogen-bond acceptors (Lipinski definition) is 5. The number of H-pyrrole nitrogens is 1. The zero-order chi connectivity index (χ0) is 33.3. The van der Waals surface area contributed by atoms with Crippen molar-refractivity contribution in [1.29, 1.82) is 5.26 Å². The predicted octanol–water partition coefficient (Wildman–Crippen LogP) is 6.04.